The lowest BCUT2D eigenvalue weighted by molar-refractivity contribution is -0.153. The Labute approximate surface area is 161 Å². The first-order valence-electron chi connectivity index (χ1n) is 9.49. The Bertz CT molecular complexity index is 686. The molecule has 1 saturated carbocycles. The van der Waals surface area contributed by atoms with Gasteiger partial charge in [-0.25, -0.2) is 0 Å². The van der Waals surface area contributed by atoms with Crippen LogP contribution in [0.15, 0.2) is 24.3 Å². The molecule has 0 heterocycles. The zero-order valence-electron chi connectivity index (χ0n) is 16.6. The van der Waals surface area contributed by atoms with E-state index in [9.17, 15) is 14.4 Å². The van der Waals surface area contributed by atoms with Gasteiger partial charge in [-0.1, -0.05) is 26.8 Å². The van der Waals surface area contributed by atoms with Crippen LogP contribution in [-0.2, 0) is 19.1 Å². The molecule has 6 nitrogen and oxygen atoms in total. The highest BCUT2D eigenvalue weighted by Crippen LogP contribution is 2.40. The smallest absolute Gasteiger partial charge is 0.309 e. The second-order valence-corrected chi connectivity index (χ2v) is 8.33. The highest BCUT2D eigenvalue weighted by atomic mass is 16.5. The predicted octanol–water partition coefficient (Wildman–Crippen LogP) is 3.98. The van der Waals surface area contributed by atoms with Crippen LogP contribution in [0.1, 0.15) is 53.4 Å². The average Bonchev–Trinajstić information content (AvgIpc) is 2.59. The van der Waals surface area contributed by atoms with Crippen molar-refractivity contribution in [1.29, 1.82) is 0 Å². The first-order valence-corrected chi connectivity index (χ1v) is 9.49. The van der Waals surface area contributed by atoms with Gasteiger partial charge in [0.25, 0.3) is 5.91 Å². The summed E-state index contributed by atoms with van der Waals surface area (Å²) in [5.74, 6) is -0.356. The summed E-state index contributed by atoms with van der Waals surface area (Å²) in [6.07, 6.45) is 3.68. The van der Waals surface area contributed by atoms with Crippen LogP contribution in [0.2, 0.25) is 0 Å². The van der Waals surface area contributed by atoms with E-state index in [1.807, 2.05) is 0 Å². The predicted molar refractivity (Wildman–Crippen MR) is 105 cm³/mol. The zero-order valence-corrected chi connectivity index (χ0v) is 16.6. The number of hydrogen-bond donors (Lipinski definition) is 2. The van der Waals surface area contributed by atoms with Crippen LogP contribution >= 0.6 is 0 Å². The fourth-order valence-corrected chi connectivity index (χ4v) is 3.52. The van der Waals surface area contributed by atoms with Gasteiger partial charge < -0.3 is 15.4 Å². The monoisotopic (exact) mass is 374 g/mol. The number of nitrogens with one attached hydrogen (secondary N) is 2. The number of ether oxygens (including phenoxy) is 1. The summed E-state index contributed by atoms with van der Waals surface area (Å²) in [6, 6.07) is 6.80. The normalized spacial score (nSPS) is 19.9. The van der Waals surface area contributed by atoms with E-state index in [0.29, 0.717) is 17.3 Å². The second-order valence-electron chi connectivity index (χ2n) is 8.33. The lowest BCUT2D eigenvalue weighted by atomic mass is 9.70. The van der Waals surface area contributed by atoms with E-state index in [2.05, 4.69) is 31.4 Å². The minimum Gasteiger partial charge on any atom is -0.455 e. The van der Waals surface area contributed by atoms with Crippen molar-refractivity contribution in [3.8, 4) is 0 Å². The Morgan fingerprint density at radius 2 is 1.63 bits per heavy atom. The van der Waals surface area contributed by atoms with Gasteiger partial charge >= 0.3 is 5.97 Å². The molecule has 1 aromatic rings. The number of rotatable bonds is 5. The van der Waals surface area contributed by atoms with Crippen LogP contribution in [0.5, 0.6) is 0 Å². The van der Waals surface area contributed by atoms with Gasteiger partial charge in [0.15, 0.2) is 6.61 Å². The van der Waals surface area contributed by atoms with Crippen LogP contribution in [0.25, 0.3) is 0 Å². The molecule has 0 aliphatic heterocycles. The molecule has 1 aliphatic rings. The molecule has 1 fully saturated rings. The van der Waals surface area contributed by atoms with Crippen LogP contribution in [0.3, 0.4) is 0 Å². The number of anilines is 2. The van der Waals surface area contributed by atoms with Gasteiger partial charge in [-0.3, -0.25) is 14.4 Å². The van der Waals surface area contributed by atoms with Crippen LogP contribution in [0.4, 0.5) is 11.4 Å². The van der Waals surface area contributed by atoms with E-state index >= 15 is 0 Å². The minimum absolute atomic E-state index is 0.112. The third-order valence-electron chi connectivity index (χ3n) is 5.10. The fraction of sp³-hybridized carbons (Fsp3) is 0.571. The molecule has 2 rings (SSSR count). The van der Waals surface area contributed by atoms with E-state index < -0.39 is 5.91 Å². The van der Waals surface area contributed by atoms with Crippen molar-refractivity contribution in [2.24, 2.45) is 17.3 Å². The quantitative estimate of drug-likeness (QED) is 0.764. The maximum atomic E-state index is 12.2. The van der Waals surface area contributed by atoms with E-state index in [-0.39, 0.29) is 29.8 Å². The molecule has 0 radical (unpaired) electrons. The maximum Gasteiger partial charge on any atom is 0.309 e. The summed E-state index contributed by atoms with van der Waals surface area (Å²) >= 11 is 0. The number of amides is 2. The molecule has 0 aromatic heterocycles. The van der Waals surface area contributed by atoms with Crippen molar-refractivity contribution in [3.63, 3.8) is 0 Å². The highest BCUT2D eigenvalue weighted by molar-refractivity contribution is 5.94. The lowest BCUT2D eigenvalue weighted by Crippen LogP contribution is -2.31. The first-order chi connectivity index (χ1) is 12.6. The number of carbonyl (C=O) groups excluding carboxylic acids is 3. The van der Waals surface area contributed by atoms with E-state index in [1.54, 1.807) is 24.3 Å². The van der Waals surface area contributed by atoms with Gasteiger partial charge in [-0.05, 0) is 55.2 Å². The molecule has 0 saturated heterocycles. The molecule has 27 heavy (non-hydrogen) atoms. The van der Waals surface area contributed by atoms with E-state index in [4.69, 9.17) is 4.74 Å². The Balaban J connectivity index is 1.77. The van der Waals surface area contributed by atoms with Gasteiger partial charge in [-0.15, -0.1) is 0 Å². The molecule has 2 amide bonds. The zero-order chi connectivity index (χ0) is 20.0. The summed E-state index contributed by atoms with van der Waals surface area (Å²) in [6.45, 7) is 7.83. The largest absolute Gasteiger partial charge is 0.455 e. The van der Waals surface area contributed by atoms with E-state index in [1.165, 1.54) is 6.92 Å². The van der Waals surface area contributed by atoms with Crippen molar-refractivity contribution in [1.82, 2.24) is 0 Å². The molecule has 0 atom stereocenters. The second kappa shape index (κ2) is 9.02. The van der Waals surface area contributed by atoms with Crippen LogP contribution < -0.4 is 10.6 Å². The van der Waals surface area contributed by atoms with Crippen molar-refractivity contribution < 1.29 is 19.1 Å². The Morgan fingerprint density at radius 1 is 1.04 bits per heavy atom. The molecule has 1 aromatic carbocycles. The van der Waals surface area contributed by atoms with Crippen molar-refractivity contribution in [2.45, 2.75) is 53.4 Å². The molecule has 1 aliphatic carbocycles. The van der Waals surface area contributed by atoms with Gasteiger partial charge in [-0.2, -0.15) is 0 Å². The Kier molecular flexibility index (Phi) is 6.99. The van der Waals surface area contributed by atoms with Gasteiger partial charge in [0.05, 0.1) is 5.92 Å². The minimum atomic E-state index is -0.397. The summed E-state index contributed by atoms with van der Waals surface area (Å²) in [5.41, 5.74) is 1.39. The topological polar surface area (TPSA) is 84.5 Å². The summed E-state index contributed by atoms with van der Waals surface area (Å²) in [4.78, 5) is 35.4. The standard InChI is InChI=1S/C21H30N2O4/c1-14(24)22-17-6-5-7-18(12-17)23-19(25)13-27-20(26)15-8-10-16(11-9-15)21(2,3)4/h5-7,12,15-16H,8-11,13H2,1-4H3,(H,22,24)(H,23,25). The summed E-state index contributed by atoms with van der Waals surface area (Å²) in [5, 5.41) is 5.32. The van der Waals surface area contributed by atoms with Crippen molar-refractivity contribution in [2.75, 3.05) is 17.2 Å². The van der Waals surface area contributed by atoms with E-state index in [0.717, 1.165) is 25.7 Å². The number of benzene rings is 1. The molecular weight excluding hydrogens is 344 g/mol. The molecule has 6 heteroatoms. The number of carbonyl (C=O) groups is 3. The van der Waals surface area contributed by atoms with Crippen molar-refractivity contribution >= 4 is 29.2 Å². The Hall–Kier alpha value is -2.37. The molecule has 148 valence electrons. The summed E-state index contributed by atoms with van der Waals surface area (Å²) < 4.78 is 5.21. The highest BCUT2D eigenvalue weighted by Gasteiger charge is 2.33. The average molecular weight is 374 g/mol. The molecular formula is C21H30N2O4. The van der Waals surface area contributed by atoms with Crippen LogP contribution in [0, 0.1) is 17.3 Å². The first kappa shape index (κ1) is 20.9. The number of esters is 1. The lowest BCUT2D eigenvalue weighted by Gasteiger charge is -2.36. The third kappa shape index (κ3) is 6.70. The van der Waals surface area contributed by atoms with Gasteiger partial charge in [0, 0.05) is 18.3 Å². The van der Waals surface area contributed by atoms with Gasteiger partial charge in [0.1, 0.15) is 0 Å². The fourth-order valence-electron chi connectivity index (χ4n) is 3.52. The third-order valence-corrected chi connectivity index (χ3v) is 5.10. The number of hydrogen-bond acceptors (Lipinski definition) is 4. The molecule has 0 spiro atoms. The molecule has 2 N–H and O–H groups in total. The Morgan fingerprint density at radius 3 is 2.19 bits per heavy atom. The molecule has 0 unspecified atom stereocenters. The SMILES string of the molecule is CC(=O)Nc1cccc(NC(=O)COC(=O)C2CCC(C(C)(C)C)CC2)c1. The van der Waals surface area contributed by atoms with Gasteiger partial charge in [0.2, 0.25) is 5.91 Å². The van der Waals surface area contributed by atoms with Crippen LogP contribution in [-0.4, -0.2) is 24.4 Å². The maximum absolute atomic E-state index is 12.2. The summed E-state index contributed by atoms with van der Waals surface area (Å²) in [7, 11) is 0. The molecule has 0 bridgehead atoms. The van der Waals surface area contributed by atoms with Crippen molar-refractivity contribution in [3.05, 3.63) is 24.3 Å².